The number of nitrogens with one attached hydrogen (secondary N) is 1. The molecule has 22 heavy (non-hydrogen) atoms. The van der Waals surface area contributed by atoms with E-state index in [1.54, 1.807) is 4.90 Å². The Morgan fingerprint density at radius 1 is 1.27 bits per heavy atom. The number of ketones is 1. The lowest BCUT2D eigenvalue weighted by molar-refractivity contribution is -0.132. The molecule has 1 aromatic rings. The highest BCUT2D eigenvalue weighted by Gasteiger charge is 2.21. The van der Waals surface area contributed by atoms with Gasteiger partial charge >= 0.3 is 0 Å². The van der Waals surface area contributed by atoms with Crippen molar-refractivity contribution in [3.63, 3.8) is 0 Å². The summed E-state index contributed by atoms with van der Waals surface area (Å²) in [6.07, 6.45) is 0.0900. The molecule has 1 aromatic carbocycles. The fraction of sp³-hybridized carbons (Fsp3) is 0.467. The van der Waals surface area contributed by atoms with Crippen LogP contribution >= 0.6 is 12.4 Å². The molecular formula is C15H19ClF2N2O2. The maximum atomic E-state index is 13.1. The summed E-state index contributed by atoms with van der Waals surface area (Å²) in [6.45, 7) is 3.98. The molecule has 1 heterocycles. The Hall–Kier alpha value is -1.53. The quantitative estimate of drug-likeness (QED) is 0.860. The summed E-state index contributed by atoms with van der Waals surface area (Å²) in [5.41, 5.74) is 0.0929. The minimum Gasteiger partial charge on any atom is -0.340 e. The number of halogens is 3. The highest BCUT2D eigenvalue weighted by molar-refractivity contribution is 5.97. The van der Waals surface area contributed by atoms with E-state index in [2.05, 4.69) is 5.32 Å². The Morgan fingerprint density at radius 3 is 2.64 bits per heavy atom. The topological polar surface area (TPSA) is 49.4 Å². The second-order valence-electron chi connectivity index (χ2n) is 5.25. The number of benzene rings is 1. The van der Waals surface area contributed by atoms with Crippen molar-refractivity contribution in [1.82, 2.24) is 10.2 Å². The molecule has 0 spiro atoms. The van der Waals surface area contributed by atoms with Crippen LogP contribution in [0.4, 0.5) is 8.78 Å². The summed E-state index contributed by atoms with van der Waals surface area (Å²) in [6, 6.07) is 3.26. The van der Waals surface area contributed by atoms with Crippen LogP contribution in [0.15, 0.2) is 18.2 Å². The molecule has 1 fully saturated rings. The molecule has 4 nitrogen and oxygen atoms in total. The first kappa shape index (κ1) is 18.5. The third kappa shape index (κ3) is 4.74. The molecule has 1 unspecified atom stereocenters. The molecular weight excluding hydrogens is 314 g/mol. The van der Waals surface area contributed by atoms with Crippen molar-refractivity contribution in [2.24, 2.45) is 0 Å². The van der Waals surface area contributed by atoms with Crippen molar-refractivity contribution in [2.75, 3.05) is 19.6 Å². The number of hydrogen-bond donors (Lipinski definition) is 1. The SMILES string of the molecule is CC1CN(C(=O)CCC(=O)c2ccc(F)c(F)c2)CCN1.Cl. The summed E-state index contributed by atoms with van der Waals surface area (Å²) in [7, 11) is 0. The minimum absolute atomic E-state index is 0. The second kappa shape index (κ2) is 8.19. The van der Waals surface area contributed by atoms with Crippen LogP contribution in [-0.4, -0.2) is 42.3 Å². The van der Waals surface area contributed by atoms with Gasteiger partial charge in [-0.1, -0.05) is 0 Å². The molecule has 2 rings (SSSR count). The summed E-state index contributed by atoms with van der Waals surface area (Å²) in [5.74, 6) is -2.48. The summed E-state index contributed by atoms with van der Waals surface area (Å²) < 4.78 is 25.9. The van der Waals surface area contributed by atoms with Crippen molar-refractivity contribution in [2.45, 2.75) is 25.8 Å². The first-order valence-corrected chi connectivity index (χ1v) is 6.97. The van der Waals surface area contributed by atoms with E-state index in [1.807, 2.05) is 6.92 Å². The lowest BCUT2D eigenvalue weighted by atomic mass is 10.1. The number of hydrogen-bond acceptors (Lipinski definition) is 3. The Morgan fingerprint density at radius 2 is 2.00 bits per heavy atom. The summed E-state index contributed by atoms with van der Waals surface area (Å²) in [4.78, 5) is 25.6. The Bertz CT molecular complexity index is 554. The van der Waals surface area contributed by atoms with E-state index < -0.39 is 11.6 Å². The molecule has 0 bridgehead atoms. The standard InChI is InChI=1S/C15H18F2N2O2.ClH/c1-10-9-19(7-6-18-10)15(21)5-4-14(20)11-2-3-12(16)13(17)8-11;/h2-3,8,10,18H,4-7,9H2,1H3;1H. The van der Waals surface area contributed by atoms with E-state index in [9.17, 15) is 18.4 Å². The molecule has 1 saturated heterocycles. The highest BCUT2D eigenvalue weighted by Crippen LogP contribution is 2.12. The van der Waals surface area contributed by atoms with Crippen LogP contribution in [0.1, 0.15) is 30.1 Å². The van der Waals surface area contributed by atoms with Gasteiger partial charge in [-0.3, -0.25) is 9.59 Å². The molecule has 0 radical (unpaired) electrons. The largest absolute Gasteiger partial charge is 0.340 e. The summed E-state index contributed by atoms with van der Waals surface area (Å²) in [5, 5.41) is 3.23. The highest BCUT2D eigenvalue weighted by atomic mass is 35.5. The fourth-order valence-corrected chi connectivity index (χ4v) is 2.35. The monoisotopic (exact) mass is 332 g/mol. The van der Waals surface area contributed by atoms with Gasteiger partial charge in [0.1, 0.15) is 0 Å². The van der Waals surface area contributed by atoms with Gasteiger partial charge in [-0.2, -0.15) is 0 Å². The van der Waals surface area contributed by atoms with Gasteiger partial charge in [0.15, 0.2) is 17.4 Å². The average Bonchev–Trinajstić information content (AvgIpc) is 2.47. The van der Waals surface area contributed by atoms with Crippen molar-refractivity contribution in [3.05, 3.63) is 35.4 Å². The number of piperazine rings is 1. The van der Waals surface area contributed by atoms with Crippen molar-refractivity contribution in [1.29, 1.82) is 0 Å². The number of carbonyl (C=O) groups is 2. The lowest BCUT2D eigenvalue weighted by Crippen LogP contribution is -2.51. The Labute approximate surface area is 134 Å². The molecule has 1 amide bonds. The van der Waals surface area contributed by atoms with Gasteiger partial charge in [0.2, 0.25) is 5.91 Å². The minimum atomic E-state index is -1.05. The molecule has 0 aliphatic carbocycles. The second-order valence-corrected chi connectivity index (χ2v) is 5.25. The number of nitrogens with zero attached hydrogens (tertiary/aromatic N) is 1. The predicted molar refractivity (Wildman–Crippen MR) is 81.2 cm³/mol. The van der Waals surface area contributed by atoms with Crippen LogP contribution in [0.2, 0.25) is 0 Å². The van der Waals surface area contributed by atoms with Crippen LogP contribution < -0.4 is 5.32 Å². The van der Waals surface area contributed by atoms with Crippen LogP contribution in [-0.2, 0) is 4.79 Å². The zero-order valence-corrected chi connectivity index (χ0v) is 13.1. The molecule has 122 valence electrons. The molecule has 0 aromatic heterocycles. The zero-order valence-electron chi connectivity index (χ0n) is 12.3. The van der Waals surface area contributed by atoms with Crippen molar-refractivity contribution < 1.29 is 18.4 Å². The third-order valence-corrected chi connectivity index (χ3v) is 3.53. The van der Waals surface area contributed by atoms with Crippen molar-refractivity contribution >= 4 is 24.1 Å². The lowest BCUT2D eigenvalue weighted by Gasteiger charge is -2.31. The van der Waals surface area contributed by atoms with Crippen LogP contribution in [0.3, 0.4) is 0 Å². The predicted octanol–water partition coefficient (Wildman–Crippen LogP) is 2.17. The normalized spacial score (nSPS) is 17.8. The van der Waals surface area contributed by atoms with E-state index in [-0.39, 0.29) is 48.5 Å². The van der Waals surface area contributed by atoms with Crippen LogP contribution in [0.25, 0.3) is 0 Å². The first-order valence-electron chi connectivity index (χ1n) is 6.97. The van der Waals surface area contributed by atoms with Crippen LogP contribution in [0, 0.1) is 11.6 Å². The average molecular weight is 333 g/mol. The van der Waals surface area contributed by atoms with Gasteiger partial charge in [0, 0.05) is 44.1 Å². The van der Waals surface area contributed by atoms with E-state index >= 15 is 0 Å². The van der Waals surface area contributed by atoms with Gasteiger partial charge < -0.3 is 10.2 Å². The molecule has 1 aliphatic heterocycles. The smallest absolute Gasteiger partial charge is 0.223 e. The van der Waals surface area contributed by atoms with E-state index in [4.69, 9.17) is 0 Å². The Balaban J connectivity index is 0.00000242. The van der Waals surface area contributed by atoms with Gasteiger partial charge in [0.25, 0.3) is 0 Å². The van der Waals surface area contributed by atoms with E-state index in [1.165, 1.54) is 6.07 Å². The van der Waals surface area contributed by atoms with Gasteiger partial charge in [-0.15, -0.1) is 12.4 Å². The van der Waals surface area contributed by atoms with E-state index in [0.29, 0.717) is 13.1 Å². The third-order valence-electron chi connectivity index (χ3n) is 3.53. The number of carbonyl (C=O) groups excluding carboxylic acids is 2. The molecule has 1 N–H and O–H groups in total. The van der Waals surface area contributed by atoms with E-state index in [0.717, 1.165) is 18.7 Å². The molecule has 0 saturated carbocycles. The zero-order chi connectivity index (χ0) is 15.4. The summed E-state index contributed by atoms with van der Waals surface area (Å²) >= 11 is 0. The fourth-order valence-electron chi connectivity index (χ4n) is 2.35. The van der Waals surface area contributed by atoms with Gasteiger partial charge in [-0.05, 0) is 25.1 Å². The van der Waals surface area contributed by atoms with Gasteiger partial charge in [-0.25, -0.2) is 8.78 Å². The number of amides is 1. The molecule has 1 aliphatic rings. The first-order chi connectivity index (χ1) is 9.97. The Kier molecular flexibility index (Phi) is 6.90. The van der Waals surface area contributed by atoms with Crippen LogP contribution in [0.5, 0.6) is 0 Å². The number of rotatable bonds is 4. The molecule has 7 heteroatoms. The molecule has 1 atom stereocenters. The number of Topliss-reactive ketones (excluding diaryl/α,β-unsaturated/α-hetero) is 1. The maximum absolute atomic E-state index is 13.1. The van der Waals surface area contributed by atoms with Gasteiger partial charge in [0.05, 0.1) is 0 Å². The maximum Gasteiger partial charge on any atom is 0.223 e. The van der Waals surface area contributed by atoms with Crippen molar-refractivity contribution in [3.8, 4) is 0 Å².